The Labute approximate surface area is 203 Å². The van der Waals surface area contributed by atoms with Crippen LogP contribution < -0.4 is 9.64 Å². The number of hydrogen-bond acceptors (Lipinski definition) is 4. The number of halogens is 1. The molecule has 3 amide bonds. The molecule has 3 aromatic carbocycles. The lowest BCUT2D eigenvalue weighted by molar-refractivity contribution is -0.122. The van der Waals surface area contributed by atoms with E-state index < -0.39 is 23.7 Å². The van der Waals surface area contributed by atoms with Crippen molar-refractivity contribution in [2.45, 2.75) is 32.2 Å². The molecule has 0 aliphatic carbocycles. The van der Waals surface area contributed by atoms with Crippen LogP contribution in [0, 0.1) is 5.82 Å². The van der Waals surface area contributed by atoms with E-state index in [1.807, 2.05) is 43.3 Å². The molecule has 35 heavy (non-hydrogen) atoms. The SMILES string of the molecule is CCc1ccc(N2C(=O)CC(N(CCc3ccc(OC)cc3)C(=O)c3cccc(F)c3)C2=O)cc1. The third-order valence-corrected chi connectivity index (χ3v) is 6.23. The Morgan fingerprint density at radius 3 is 2.34 bits per heavy atom. The van der Waals surface area contributed by atoms with Crippen molar-refractivity contribution in [3.05, 3.63) is 95.3 Å². The Kier molecular flexibility index (Phi) is 7.25. The molecule has 6 nitrogen and oxygen atoms in total. The monoisotopic (exact) mass is 474 g/mol. The van der Waals surface area contributed by atoms with Crippen molar-refractivity contribution in [1.29, 1.82) is 0 Å². The predicted molar refractivity (Wildman–Crippen MR) is 131 cm³/mol. The number of nitrogens with zero attached hydrogens (tertiary/aromatic N) is 2. The van der Waals surface area contributed by atoms with Crippen molar-refractivity contribution in [3.8, 4) is 5.75 Å². The average Bonchev–Trinajstić information content (AvgIpc) is 3.17. The van der Waals surface area contributed by atoms with Crippen LogP contribution in [0.2, 0.25) is 0 Å². The van der Waals surface area contributed by atoms with Crippen molar-refractivity contribution in [2.75, 3.05) is 18.6 Å². The van der Waals surface area contributed by atoms with Crippen molar-refractivity contribution >= 4 is 23.4 Å². The van der Waals surface area contributed by atoms with Crippen LogP contribution in [0.25, 0.3) is 0 Å². The Morgan fingerprint density at radius 2 is 1.71 bits per heavy atom. The fraction of sp³-hybridized carbons (Fsp3) is 0.250. The summed E-state index contributed by atoms with van der Waals surface area (Å²) in [5, 5.41) is 0. The number of methoxy groups -OCH3 is 1. The summed E-state index contributed by atoms with van der Waals surface area (Å²) in [5.41, 5.74) is 2.64. The van der Waals surface area contributed by atoms with Gasteiger partial charge in [-0.3, -0.25) is 14.4 Å². The van der Waals surface area contributed by atoms with E-state index in [-0.39, 0.29) is 24.4 Å². The number of anilines is 1. The number of imide groups is 1. The maximum Gasteiger partial charge on any atom is 0.257 e. The summed E-state index contributed by atoms with van der Waals surface area (Å²) in [4.78, 5) is 42.3. The number of carbonyl (C=O) groups is 3. The maximum atomic E-state index is 13.9. The van der Waals surface area contributed by atoms with Gasteiger partial charge in [0.05, 0.1) is 19.2 Å². The normalized spacial score (nSPS) is 15.4. The van der Waals surface area contributed by atoms with Gasteiger partial charge in [0.1, 0.15) is 17.6 Å². The van der Waals surface area contributed by atoms with E-state index >= 15 is 0 Å². The Morgan fingerprint density at radius 1 is 1.03 bits per heavy atom. The molecule has 0 radical (unpaired) electrons. The summed E-state index contributed by atoms with van der Waals surface area (Å²) in [5.74, 6) is -1.16. The van der Waals surface area contributed by atoms with Gasteiger partial charge in [0.25, 0.3) is 11.8 Å². The lowest BCUT2D eigenvalue weighted by Gasteiger charge is -2.28. The largest absolute Gasteiger partial charge is 0.497 e. The highest BCUT2D eigenvalue weighted by atomic mass is 19.1. The van der Waals surface area contributed by atoms with E-state index in [9.17, 15) is 18.8 Å². The first kappa shape index (κ1) is 24.1. The lowest BCUT2D eigenvalue weighted by Crippen LogP contribution is -2.46. The minimum atomic E-state index is -0.970. The van der Waals surface area contributed by atoms with Crippen LogP contribution in [0.5, 0.6) is 5.75 Å². The molecule has 0 saturated carbocycles. The van der Waals surface area contributed by atoms with Crippen molar-refractivity contribution < 1.29 is 23.5 Å². The number of hydrogen-bond donors (Lipinski definition) is 0. The number of aryl methyl sites for hydroxylation is 1. The van der Waals surface area contributed by atoms with Crippen LogP contribution in [0.4, 0.5) is 10.1 Å². The van der Waals surface area contributed by atoms with Crippen LogP contribution in [0.15, 0.2) is 72.8 Å². The molecule has 7 heteroatoms. The fourth-order valence-corrected chi connectivity index (χ4v) is 4.24. The Bertz CT molecular complexity index is 1220. The zero-order chi connectivity index (χ0) is 24.9. The molecule has 1 atom stereocenters. The van der Waals surface area contributed by atoms with Gasteiger partial charge in [-0.05, 0) is 66.4 Å². The molecule has 0 spiro atoms. The smallest absolute Gasteiger partial charge is 0.257 e. The van der Waals surface area contributed by atoms with E-state index in [0.717, 1.165) is 28.5 Å². The van der Waals surface area contributed by atoms with E-state index in [2.05, 4.69) is 0 Å². The first-order valence-corrected chi connectivity index (χ1v) is 11.6. The van der Waals surface area contributed by atoms with E-state index in [1.165, 1.54) is 23.1 Å². The van der Waals surface area contributed by atoms with Gasteiger partial charge >= 0.3 is 0 Å². The highest BCUT2D eigenvalue weighted by Gasteiger charge is 2.44. The molecule has 1 saturated heterocycles. The van der Waals surface area contributed by atoms with Gasteiger partial charge in [-0.1, -0.05) is 37.3 Å². The van der Waals surface area contributed by atoms with Crippen LogP contribution in [-0.4, -0.2) is 42.3 Å². The highest BCUT2D eigenvalue weighted by Crippen LogP contribution is 2.27. The standard InChI is InChI=1S/C28H27FN2O4/c1-3-19-7-11-23(12-8-19)31-26(32)18-25(28(31)34)30(27(33)21-5-4-6-22(29)17-21)16-15-20-9-13-24(35-2)14-10-20/h4-14,17,25H,3,15-16,18H2,1-2H3. The summed E-state index contributed by atoms with van der Waals surface area (Å²) in [6.45, 7) is 2.21. The zero-order valence-corrected chi connectivity index (χ0v) is 19.7. The Balaban J connectivity index is 1.61. The van der Waals surface area contributed by atoms with Gasteiger partial charge in [0.15, 0.2) is 0 Å². The van der Waals surface area contributed by atoms with Crippen molar-refractivity contribution in [3.63, 3.8) is 0 Å². The van der Waals surface area contributed by atoms with E-state index in [0.29, 0.717) is 17.9 Å². The van der Waals surface area contributed by atoms with Crippen molar-refractivity contribution in [2.24, 2.45) is 0 Å². The second-order valence-electron chi connectivity index (χ2n) is 8.41. The summed E-state index contributed by atoms with van der Waals surface area (Å²) in [6.07, 6.45) is 1.17. The molecule has 0 aromatic heterocycles. The van der Waals surface area contributed by atoms with Crippen molar-refractivity contribution in [1.82, 2.24) is 4.90 Å². The summed E-state index contributed by atoms with van der Waals surface area (Å²) < 4.78 is 19.1. The predicted octanol–water partition coefficient (Wildman–Crippen LogP) is 4.41. The molecule has 1 aliphatic heterocycles. The fourth-order valence-electron chi connectivity index (χ4n) is 4.24. The molecule has 1 heterocycles. The molecule has 0 bridgehead atoms. The number of benzene rings is 3. The van der Waals surface area contributed by atoms with Crippen LogP contribution in [0.3, 0.4) is 0 Å². The van der Waals surface area contributed by atoms with Crippen LogP contribution in [0.1, 0.15) is 34.8 Å². The average molecular weight is 475 g/mol. The second kappa shape index (κ2) is 10.5. The summed E-state index contributed by atoms with van der Waals surface area (Å²) in [6, 6.07) is 19.0. The molecule has 1 fully saturated rings. The number of amides is 3. The van der Waals surface area contributed by atoms with Gasteiger partial charge in [0, 0.05) is 12.1 Å². The highest BCUT2D eigenvalue weighted by molar-refractivity contribution is 6.23. The number of ether oxygens (including phenoxy) is 1. The number of carbonyl (C=O) groups excluding carboxylic acids is 3. The Hall–Kier alpha value is -4.00. The molecule has 180 valence electrons. The van der Waals surface area contributed by atoms with Gasteiger partial charge in [-0.2, -0.15) is 0 Å². The maximum absolute atomic E-state index is 13.9. The minimum Gasteiger partial charge on any atom is -0.497 e. The molecule has 3 aromatic rings. The van der Waals surface area contributed by atoms with Gasteiger partial charge in [-0.25, -0.2) is 9.29 Å². The van der Waals surface area contributed by atoms with Gasteiger partial charge in [-0.15, -0.1) is 0 Å². The van der Waals surface area contributed by atoms with Gasteiger partial charge in [0.2, 0.25) is 5.91 Å². The van der Waals surface area contributed by atoms with Gasteiger partial charge < -0.3 is 9.64 Å². The number of rotatable bonds is 8. The molecular weight excluding hydrogens is 447 g/mol. The first-order valence-electron chi connectivity index (χ1n) is 11.6. The topological polar surface area (TPSA) is 66.9 Å². The first-order chi connectivity index (χ1) is 16.9. The lowest BCUT2D eigenvalue weighted by atomic mass is 10.1. The van der Waals surface area contributed by atoms with Crippen LogP contribution >= 0.6 is 0 Å². The summed E-state index contributed by atoms with van der Waals surface area (Å²) in [7, 11) is 1.58. The quantitative estimate of drug-likeness (QED) is 0.454. The molecule has 1 aliphatic rings. The molecule has 1 unspecified atom stereocenters. The zero-order valence-electron chi connectivity index (χ0n) is 19.7. The molecule has 4 rings (SSSR count). The minimum absolute atomic E-state index is 0.127. The van der Waals surface area contributed by atoms with E-state index in [4.69, 9.17) is 4.74 Å². The molecule has 0 N–H and O–H groups in total. The second-order valence-corrected chi connectivity index (χ2v) is 8.41. The summed E-state index contributed by atoms with van der Waals surface area (Å²) >= 11 is 0. The van der Waals surface area contributed by atoms with Crippen LogP contribution in [-0.2, 0) is 22.4 Å². The molecular formula is C28H27FN2O4. The third kappa shape index (κ3) is 5.24. The van der Waals surface area contributed by atoms with E-state index in [1.54, 1.807) is 19.2 Å². The third-order valence-electron chi connectivity index (χ3n) is 6.23.